The monoisotopic (exact) mass is 197 g/mol. The summed E-state index contributed by atoms with van der Waals surface area (Å²) in [6, 6.07) is 1.06. The van der Waals surface area contributed by atoms with Crippen LogP contribution >= 0.6 is 0 Å². The van der Waals surface area contributed by atoms with Gasteiger partial charge >= 0.3 is 0 Å². The summed E-state index contributed by atoms with van der Waals surface area (Å²) in [6.07, 6.45) is 1.15. The molecule has 4 nitrogen and oxygen atoms in total. The Hall–Kier alpha value is -0.610. The first-order chi connectivity index (χ1) is 6.63. The van der Waals surface area contributed by atoms with Crippen LogP contribution in [0.25, 0.3) is 0 Å². The maximum absolute atomic E-state index is 11.9. The van der Waals surface area contributed by atoms with Gasteiger partial charge in [0.05, 0.1) is 6.04 Å². The second-order valence-corrected chi connectivity index (χ2v) is 4.46. The molecule has 1 N–H and O–H groups in total. The quantitative estimate of drug-likeness (QED) is 0.616. The first-order valence-electron chi connectivity index (χ1n) is 5.31. The molecule has 1 amide bonds. The molecule has 0 radical (unpaired) electrons. The average Bonchev–Trinajstić information content (AvgIpc) is 2.23. The third-order valence-electron chi connectivity index (χ3n) is 3.69. The van der Waals surface area contributed by atoms with Gasteiger partial charge in [-0.3, -0.25) is 9.69 Å². The maximum Gasteiger partial charge on any atom is 0.239 e. The van der Waals surface area contributed by atoms with Crippen molar-refractivity contribution >= 4 is 5.91 Å². The van der Waals surface area contributed by atoms with Crippen molar-refractivity contribution < 1.29 is 4.79 Å². The molecule has 2 fully saturated rings. The van der Waals surface area contributed by atoms with Gasteiger partial charge in [-0.1, -0.05) is 0 Å². The van der Waals surface area contributed by atoms with E-state index < -0.39 is 0 Å². The van der Waals surface area contributed by atoms with E-state index in [1.807, 2.05) is 18.9 Å². The number of nitrogens with zero attached hydrogens (tertiary/aromatic N) is 2. The summed E-state index contributed by atoms with van der Waals surface area (Å²) in [6.45, 7) is 3.79. The standard InChI is InChI=1S/C10H19N3O/c1-7-10(14)13-5-8(11-2)4-9(6-13)12(7)3/h7-9,11H,4-6H2,1-3H3/t7?,8?,9-/m0/s1. The summed E-state index contributed by atoms with van der Waals surface area (Å²) in [5.74, 6) is 0.281. The van der Waals surface area contributed by atoms with Crippen molar-refractivity contribution in [2.75, 3.05) is 27.2 Å². The van der Waals surface area contributed by atoms with Crippen LogP contribution in [0.5, 0.6) is 0 Å². The Morgan fingerprint density at radius 2 is 2.14 bits per heavy atom. The minimum Gasteiger partial charge on any atom is -0.338 e. The lowest BCUT2D eigenvalue weighted by atomic mass is 9.94. The van der Waals surface area contributed by atoms with E-state index in [0.29, 0.717) is 12.1 Å². The molecule has 2 unspecified atom stereocenters. The van der Waals surface area contributed by atoms with Gasteiger partial charge in [0.1, 0.15) is 0 Å². The largest absolute Gasteiger partial charge is 0.338 e. The van der Waals surface area contributed by atoms with Gasteiger partial charge < -0.3 is 10.2 Å². The second-order valence-electron chi connectivity index (χ2n) is 4.46. The third kappa shape index (κ3) is 1.42. The summed E-state index contributed by atoms with van der Waals surface area (Å²) < 4.78 is 0. The molecule has 0 aromatic carbocycles. The Morgan fingerprint density at radius 1 is 1.43 bits per heavy atom. The zero-order valence-electron chi connectivity index (χ0n) is 9.16. The van der Waals surface area contributed by atoms with Gasteiger partial charge in [0.15, 0.2) is 0 Å². The molecule has 80 valence electrons. The van der Waals surface area contributed by atoms with E-state index in [1.165, 1.54) is 0 Å². The summed E-state index contributed by atoms with van der Waals surface area (Å²) in [5, 5.41) is 3.27. The number of nitrogens with one attached hydrogen (secondary N) is 1. The molecule has 3 atom stereocenters. The molecular weight excluding hydrogens is 178 g/mol. The Morgan fingerprint density at radius 3 is 2.79 bits per heavy atom. The fourth-order valence-electron chi connectivity index (χ4n) is 2.51. The topological polar surface area (TPSA) is 35.6 Å². The van der Waals surface area contributed by atoms with Crippen molar-refractivity contribution in [2.24, 2.45) is 0 Å². The van der Waals surface area contributed by atoms with E-state index in [9.17, 15) is 4.79 Å². The number of piperidine rings is 1. The van der Waals surface area contributed by atoms with E-state index in [-0.39, 0.29) is 11.9 Å². The van der Waals surface area contributed by atoms with E-state index in [2.05, 4.69) is 17.3 Å². The number of carbonyl (C=O) groups is 1. The van der Waals surface area contributed by atoms with Crippen LogP contribution in [0.4, 0.5) is 0 Å². The molecule has 14 heavy (non-hydrogen) atoms. The van der Waals surface area contributed by atoms with Gasteiger partial charge in [-0.15, -0.1) is 0 Å². The number of carbonyl (C=O) groups excluding carboxylic acids is 1. The minimum absolute atomic E-state index is 0.0616. The Labute approximate surface area is 85.2 Å². The van der Waals surface area contributed by atoms with Crippen molar-refractivity contribution in [3.05, 3.63) is 0 Å². The first-order valence-corrected chi connectivity index (χ1v) is 5.31. The highest BCUT2D eigenvalue weighted by Gasteiger charge is 2.40. The number of hydrogen-bond acceptors (Lipinski definition) is 3. The van der Waals surface area contributed by atoms with E-state index >= 15 is 0 Å². The van der Waals surface area contributed by atoms with Gasteiger partial charge in [0.25, 0.3) is 0 Å². The van der Waals surface area contributed by atoms with Crippen LogP contribution in [0.2, 0.25) is 0 Å². The molecule has 0 aromatic rings. The average molecular weight is 197 g/mol. The number of fused-ring (bicyclic) bond motifs is 2. The van der Waals surface area contributed by atoms with Gasteiger partial charge in [-0.25, -0.2) is 0 Å². The molecule has 2 aliphatic rings. The fourth-order valence-corrected chi connectivity index (χ4v) is 2.51. The highest BCUT2D eigenvalue weighted by atomic mass is 16.2. The molecule has 0 spiro atoms. The van der Waals surface area contributed by atoms with Crippen LogP contribution < -0.4 is 5.32 Å². The Bertz CT molecular complexity index is 242. The summed E-state index contributed by atoms with van der Waals surface area (Å²) in [7, 11) is 4.03. The van der Waals surface area contributed by atoms with Crippen LogP contribution in [0, 0.1) is 0 Å². The lowest BCUT2D eigenvalue weighted by Gasteiger charge is -2.49. The third-order valence-corrected chi connectivity index (χ3v) is 3.69. The zero-order chi connectivity index (χ0) is 10.3. The fraction of sp³-hybridized carbons (Fsp3) is 0.900. The maximum atomic E-state index is 11.9. The van der Waals surface area contributed by atoms with Crippen LogP contribution in [0.3, 0.4) is 0 Å². The predicted octanol–water partition coefficient (Wildman–Crippen LogP) is -0.491. The molecule has 4 heteroatoms. The number of rotatable bonds is 1. The van der Waals surface area contributed by atoms with Crippen LogP contribution in [0.15, 0.2) is 0 Å². The molecule has 2 aliphatic heterocycles. The first kappa shape index (κ1) is 9.93. The lowest BCUT2D eigenvalue weighted by molar-refractivity contribution is -0.146. The molecule has 0 aliphatic carbocycles. The normalized spacial score (nSPS) is 38.9. The van der Waals surface area contributed by atoms with Gasteiger partial charge in [-0.05, 0) is 27.4 Å². The van der Waals surface area contributed by atoms with E-state index in [0.717, 1.165) is 19.5 Å². The summed E-state index contributed by atoms with van der Waals surface area (Å²) >= 11 is 0. The van der Waals surface area contributed by atoms with Crippen LogP contribution in [-0.2, 0) is 4.79 Å². The van der Waals surface area contributed by atoms with Crippen molar-refractivity contribution in [3.8, 4) is 0 Å². The number of amides is 1. The van der Waals surface area contributed by atoms with Gasteiger partial charge in [0, 0.05) is 25.2 Å². The number of piperazine rings is 1. The summed E-state index contributed by atoms with van der Waals surface area (Å²) in [4.78, 5) is 16.1. The smallest absolute Gasteiger partial charge is 0.239 e. The Kier molecular flexibility index (Phi) is 2.49. The molecule has 2 saturated heterocycles. The van der Waals surface area contributed by atoms with Crippen molar-refractivity contribution in [1.82, 2.24) is 15.1 Å². The van der Waals surface area contributed by atoms with Gasteiger partial charge in [0.2, 0.25) is 5.91 Å². The molecule has 0 saturated carbocycles. The minimum atomic E-state index is 0.0616. The highest BCUT2D eigenvalue weighted by molar-refractivity contribution is 5.82. The molecule has 2 heterocycles. The number of likely N-dealkylation sites (N-methyl/N-ethyl adjacent to an activating group) is 2. The predicted molar refractivity (Wildman–Crippen MR) is 55.1 cm³/mol. The van der Waals surface area contributed by atoms with Crippen molar-refractivity contribution in [1.29, 1.82) is 0 Å². The second kappa shape index (κ2) is 3.51. The Balaban J connectivity index is 2.15. The van der Waals surface area contributed by atoms with Gasteiger partial charge in [-0.2, -0.15) is 0 Å². The lowest BCUT2D eigenvalue weighted by Crippen LogP contribution is -2.66. The highest BCUT2D eigenvalue weighted by Crippen LogP contribution is 2.23. The summed E-state index contributed by atoms with van der Waals surface area (Å²) in [5.41, 5.74) is 0. The number of hydrogen-bond donors (Lipinski definition) is 1. The zero-order valence-corrected chi connectivity index (χ0v) is 9.16. The van der Waals surface area contributed by atoms with Crippen LogP contribution in [0.1, 0.15) is 13.3 Å². The van der Waals surface area contributed by atoms with E-state index in [1.54, 1.807) is 0 Å². The van der Waals surface area contributed by atoms with E-state index in [4.69, 9.17) is 0 Å². The molecule has 2 rings (SSSR count). The molecule has 0 aromatic heterocycles. The molecular formula is C10H19N3O. The molecule has 2 bridgehead atoms. The van der Waals surface area contributed by atoms with Crippen molar-refractivity contribution in [2.45, 2.75) is 31.5 Å². The van der Waals surface area contributed by atoms with Crippen molar-refractivity contribution in [3.63, 3.8) is 0 Å². The van der Waals surface area contributed by atoms with Crippen LogP contribution in [-0.4, -0.2) is 61.0 Å². The SMILES string of the molecule is CNC1C[C@H]2CN(C1)C(=O)C(C)N2C.